The summed E-state index contributed by atoms with van der Waals surface area (Å²) in [6.45, 7) is 2.98. The summed E-state index contributed by atoms with van der Waals surface area (Å²) in [6, 6.07) is 13.5. The highest BCUT2D eigenvalue weighted by atomic mass is 35.5. The van der Waals surface area contributed by atoms with Crippen LogP contribution in [0.2, 0.25) is 5.02 Å². The molecular weight excluding hydrogens is 623 g/mol. The molecule has 3 aromatic carbocycles. The number of carbonyl (C=O) groups excluding carboxylic acids is 2. The Morgan fingerprint density at radius 1 is 0.886 bits per heavy atom. The van der Waals surface area contributed by atoms with Gasteiger partial charge in [0.15, 0.2) is 5.76 Å². The summed E-state index contributed by atoms with van der Waals surface area (Å²) in [6.07, 6.45) is -8.71. The number of ether oxygens (including phenoxy) is 1. The molecular formula is C28H17ClF7N5O3. The lowest BCUT2D eigenvalue weighted by Gasteiger charge is -2.16. The molecule has 0 unspecified atom stereocenters. The predicted octanol–water partition coefficient (Wildman–Crippen LogP) is 8.00. The number of benzene rings is 3. The third-order valence-electron chi connectivity index (χ3n) is 5.61. The van der Waals surface area contributed by atoms with Crippen LogP contribution in [0.4, 0.5) is 59.6 Å². The summed E-state index contributed by atoms with van der Waals surface area (Å²) < 4.78 is 95.4. The Kier molecular flexibility index (Phi) is 9.08. The molecule has 0 saturated carbocycles. The molecule has 1 aromatic heterocycles. The van der Waals surface area contributed by atoms with Gasteiger partial charge in [-0.25, -0.2) is 14.2 Å². The number of para-hydroxylation sites is 1. The van der Waals surface area contributed by atoms with Crippen LogP contribution >= 0.6 is 11.6 Å². The highest BCUT2D eigenvalue weighted by molar-refractivity contribution is 6.33. The normalized spacial score (nSPS) is 11.5. The van der Waals surface area contributed by atoms with E-state index in [4.69, 9.17) is 11.6 Å². The van der Waals surface area contributed by atoms with Crippen molar-refractivity contribution >= 4 is 52.3 Å². The Balaban J connectivity index is 1.66. The van der Waals surface area contributed by atoms with Crippen LogP contribution in [0.3, 0.4) is 0 Å². The number of halogens is 8. The van der Waals surface area contributed by atoms with E-state index < -0.39 is 41.4 Å². The molecule has 0 saturated heterocycles. The summed E-state index contributed by atoms with van der Waals surface area (Å²) in [4.78, 5) is 31.7. The molecule has 0 aliphatic rings. The molecule has 4 rings (SSSR count). The highest BCUT2D eigenvalue weighted by Gasteiger charge is 2.42. The molecule has 228 valence electrons. The molecule has 0 atom stereocenters. The van der Waals surface area contributed by atoms with Crippen LogP contribution in [0.25, 0.3) is 11.1 Å². The number of nitrogens with zero attached hydrogens (tertiary/aromatic N) is 2. The van der Waals surface area contributed by atoms with Gasteiger partial charge in [0.2, 0.25) is 5.95 Å². The van der Waals surface area contributed by atoms with Crippen LogP contribution < -0.4 is 16.0 Å². The summed E-state index contributed by atoms with van der Waals surface area (Å²) in [7, 11) is 0. The number of nitrogens with one attached hydrogen (secondary N) is 3. The van der Waals surface area contributed by atoms with Gasteiger partial charge in [-0.2, -0.15) is 31.3 Å². The van der Waals surface area contributed by atoms with Crippen molar-refractivity contribution in [1.82, 2.24) is 9.97 Å². The molecule has 8 nitrogen and oxygen atoms in total. The number of rotatable bonds is 8. The highest BCUT2D eigenvalue weighted by Crippen LogP contribution is 2.35. The fourth-order valence-corrected chi connectivity index (χ4v) is 3.70. The number of hydrogen-bond donors (Lipinski definition) is 3. The van der Waals surface area contributed by atoms with Gasteiger partial charge in [-0.15, -0.1) is 0 Å². The van der Waals surface area contributed by atoms with Crippen molar-refractivity contribution < 1.29 is 45.1 Å². The number of alkyl halides is 6. The van der Waals surface area contributed by atoms with E-state index >= 15 is 0 Å². The molecule has 0 aliphatic heterocycles. The Morgan fingerprint density at radius 2 is 1.57 bits per heavy atom. The summed E-state index contributed by atoms with van der Waals surface area (Å²) in [5.74, 6) is -6.20. The van der Waals surface area contributed by atoms with Crippen molar-refractivity contribution in [2.24, 2.45) is 0 Å². The topological polar surface area (TPSA) is 105 Å². The third-order valence-corrected chi connectivity index (χ3v) is 5.94. The van der Waals surface area contributed by atoms with Crippen LogP contribution in [0.15, 0.2) is 85.3 Å². The molecule has 1 heterocycles. The van der Waals surface area contributed by atoms with E-state index in [0.29, 0.717) is 10.7 Å². The number of hydrogen-bond acceptors (Lipinski definition) is 7. The number of esters is 1. The first-order chi connectivity index (χ1) is 20.6. The van der Waals surface area contributed by atoms with Gasteiger partial charge in [0.1, 0.15) is 11.6 Å². The second kappa shape index (κ2) is 12.6. The fraction of sp³-hybridized carbons (Fsp3) is 0.0714. The molecule has 3 N–H and O–H groups in total. The van der Waals surface area contributed by atoms with E-state index in [1.54, 1.807) is 24.3 Å². The maximum Gasteiger partial charge on any atom is 0.491 e. The predicted molar refractivity (Wildman–Crippen MR) is 147 cm³/mol. The third kappa shape index (κ3) is 7.80. The van der Waals surface area contributed by atoms with Crippen molar-refractivity contribution in [3.05, 3.63) is 102 Å². The molecule has 0 fully saturated rings. The van der Waals surface area contributed by atoms with Gasteiger partial charge in [-0.05, 0) is 48.0 Å². The monoisotopic (exact) mass is 639 g/mol. The van der Waals surface area contributed by atoms with Crippen molar-refractivity contribution in [3.8, 4) is 11.1 Å². The van der Waals surface area contributed by atoms with E-state index in [9.17, 15) is 40.3 Å². The zero-order valence-corrected chi connectivity index (χ0v) is 22.5. The summed E-state index contributed by atoms with van der Waals surface area (Å²) in [5.41, 5.74) is -0.628. The zero-order valence-electron chi connectivity index (χ0n) is 21.8. The van der Waals surface area contributed by atoms with E-state index in [1.807, 2.05) is 0 Å². The van der Waals surface area contributed by atoms with Gasteiger partial charge in [0.25, 0.3) is 5.91 Å². The van der Waals surface area contributed by atoms with Gasteiger partial charge in [0, 0.05) is 17.4 Å². The minimum Gasteiger partial charge on any atom is -0.415 e. The lowest BCUT2D eigenvalue weighted by atomic mass is 10.1. The van der Waals surface area contributed by atoms with Crippen LogP contribution in [0.1, 0.15) is 5.56 Å². The maximum atomic E-state index is 14.9. The minimum absolute atomic E-state index is 0.0380. The van der Waals surface area contributed by atoms with E-state index in [-0.39, 0.29) is 34.3 Å². The zero-order chi connectivity index (χ0) is 32.2. The smallest absolute Gasteiger partial charge is 0.415 e. The van der Waals surface area contributed by atoms with Gasteiger partial charge >= 0.3 is 18.3 Å². The van der Waals surface area contributed by atoms with E-state index in [2.05, 4.69) is 37.2 Å². The lowest BCUT2D eigenvalue weighted by Crippen LogP contribution is -2.28. The summed E-state index contributed by atoms with van der Waals surface area (Å²) in [5, 5.41) is 7.99. The molecule has 0 aliphatic carbocycles. The SMILES string of the molecule is C=C(OC(=O)C(F)(F)F)C(=O)Nc1ccc(F)c(Nc2nc(Nc3ccccc3Cl)ncc2-c2ccc(C(F)(F)F)cc2)c1. The molecule has 1 amide bonds. The van der Waals surface area contributed by atoms with Crippen molar-refractivity contribution in [2.75, 3.05) is 16.0 Å². The van der Waals surface area contributed by atoms with Gasteiger partial charge in [-0.1, -0.05) is 42.4 Å². The number of anilines is 5. The number of carbonyl (C=O) groups is 2. The van der Waals surface area contributed by atoms with Crippen LogP contribution in [0.5, 0.6) is 0 Å². The average Bonchev–Trinajstić information content (AvgIpc) is 2.95. The Morgan fingerprint density at radius 3 is 2.20 bits per heavy atom. The second-order valence-corrected chi connectivity index (χ2v) is 9.13. The fourth-order valence-electron chi connectivity index (χ4n) is 3.51. The van der Waals surface area contributed by atoms with Gasteiger partial charge in [-0.3, -0.25) is 4.79 Å². The summed E-state index contributed by atoms with van der Waals surface area (Å²) >= 11 is 6.18. The number of aromatic nitrogens is 2. The number of amides is 1. The van der Waals surface area contributed by atoms with Gasteiger partial charge < -0.3 is 20.7 Å². The Bertz CT molecular complexity index is 1730. The van der Waals surface area contributed by atoms with E-state index in [1.165, 1.54) is 6.20 Å². The average molecular weight is 640 g/mol. The van der Waals surface area contributed by atoms with Crippen LogP contribution in [0, 0.1) is 5.82 Å². The second-order valence-electron chi connectivity index (χ2n) is 8.72. The van der Waals surface area contributed by atoms with Crippen LogP contribution in [-0.4, -0.2) is 28.0 Å². The molecule has 0 spiro atoms. The maximum absolute atomic E-state index is 14.9. The molecule has 16 heteroatoms. The van der Waals surface area contributed by atoms with Crippen molar-refractivity contribution in [2.45, 2.75) is 12.4 Å². The first-order valence-electron chi connectivity index (χ1n) is 12.0. The first kappa shape index (κ1) is 31.7. The van der Waals surface area contributed by atoms with Crippen molar-refractivity contribution in [1.29, 1.82) is 0 Å². The molecule has 0 bridgehead atoms. The Labute approximate surface area is 248 Å². The standard InChI is InChI=1S/C28H17ClF7N5O3/c1-14(44-25(43)28(34,35)36)24(42)38-17-10-11-20(30)22(12-17)39-23-18(15-6-8-16(9-7-15)27(31,32)33)13-37-26(41-23)40-21-5-3-2-4-19(21)29/h2-13H,1H2,(H,38,42)(H2,37,39,40,41). The first-order valence-corrected chi connectivity index (χ1v) is 12.4. The Hall–Kier alpha value is -5.18. The largest absolute Gasteiger partial charge is 0.491 e. The van der Waals surface area contributed by atoms with Crippen LogP contribution in [-0.2, 0) is 20.5 Å². The molecule has 4 aromatic rings. The van der Waals surface area contributed by atoms with E-state index in [0.717, 1.165) is 42.5 Å². The lowest BCUT2D eigenvalue weighted by molar-refractivity contribution is -0.195. The molecule has 44 heavy (non-hydrogen) atoms. The molecule has 0 radical (unpaired) electrons. The van der Waals surface area contributed by atoms with Crippen molar-refractivity contribution in [3.63, 3.8) is 0 Å². The quantitative estimate of drug-likeness (QED) is 0.0777. The minimum atomic E-state index is -5.38. The van der Waals surface area contributed by atoms with Gasteiger partial charge in [0.05, 0.1) is 22.0 Å².